The normalized spacial score (nSPS) is 22.1. The van der Waals surface area contributed by atoms with Crippen LogP contribution in [-0.4, -0.2) is 55.8 Å². The van der Waals surface area contributed by atoms with Crippen molar-refractivity contribution in [2.24, 2.45) is 10.9 Å². The summed E-state index contributed by atoms with van der Waals surface area (Å²) in [5.74, 6) is 1.11. The summed E-state index contributed by atoms with van der Waals surface area (Å²) in [6.07, 6.45) is -3.42. The van der Waals surface area contributed by atoms with Crippen molar-refractivity contribution >= 4 is 29.9 Å². The van der Waals surface area contributed by atoms with Crippen LogP contribution in [0.4, 0.5) is 13.2 Å². The molecule has 0 radical (unpaired) electrons. The smallest absolute Gasteiger partial charge is 0.354 e. The molecule has 0 spiro atoms. The number of nitrogens with one attached hydrogen (secondary N) is 2. The molecule has 1 fully saturated rings. The number of hydrogen-bond acceptors (Lipinski definition) is 2. The van der Waals surface area contributed by atoms with E-state index in [0.717, 1.165) is 0 Å². The van der Waals surface area contributed by atoms with Gasteiger partial charge in [0.05, 0.1) is 6.54 Å². The molecule has 1 aliphatic heterocycles. The molecular formula is C13H26F3IN4. The summed E-state index contributed by atoms with van der Waals surface area (Å²) in [5.41, 5.74) is 0. The van der Waals surface area contributed by atoms with Crippen LogP contribution >= 0.6 is 24.0 Å². The van der Waals surface area contributed by atoms with Crippen LogP contribution in [0.1, 0.15) is 27.2 Å². The van der Waals surface area contributed by atoms with Crippen molar-refractivity contribution < 1.29 is 13.2 Å². The summed E-state index contributed by atoms with van der Waals surface area (Å²) in [7, 11) is 1.67. The molecule has 0 aliphatic carbocycles. The molecule has 0 aromatic heterocycles. The third-order valence-corrected chi connectivity index (χ3v) is 3.60. The Morgan fingerprint density at radius 1 is 1.33 bits per heavy atom. The summed E-state index contributed by atoms with van der Waals surface area (Å²) in [6, 6.07) is 0.275. The maximum absolute atomic E-state index is 12.3. The van der Waals surface area contributed by atoms with Crippen molar-refractivity contribution in [2.75, 3.05) is 26.7 Å². The highest BCUT2D eigenvalue weighted by Gasteiger charge is 2.34. The first-order valence-corrected chi connectivity index (χ1v) is 7.00. The Hall–Kier alpha value is -0.250. The van der Waals surface area contributed by atoms with E-state index in [9.17, 15) is 13.2 Å². The fourth-order valence-electron chi connectivity index (χ4n) is 2.09. The predicted molar refractivity (Wildman–Crippen MR) is 90.2 cm³/mol. The van der Waals surface area contributed by atoms with E-state index in [2.05, 4.69) is 36.4 Å². The first-order chi connectivity index (χ1) is 9.21. The van der Waals surface area contributed by atoms with Gasteiger partial charge >= 0.3 is 6.18 Å². The van der Waals surface area contributed by atoms with Crippen molar-refractivity contribution in [2.45, 2.75) is 45.5 Å². The van der Waals surface area contributed by atoms with Crippen LogP contribution < -0.4 is 10.6 Å². The lowest BCUT2D eigenvalue weighted by Gasteiger charge is -2.23. The SMILES string of the molecule is CN=C(NC1CCN(CC(F)(F)F)C1)NC(C)C(C)C.I. The molecule has 2 N–H and O–H groups in total. The van der Waals surface area contributed by atoms with Gasteiger partial charge in [-0.15, -0.1) is 24.0 Å². The molecule has 1 saturated heterocycles. The maximum atomic E-state index is 12.3. The minimum Gasteiger partial charge on any atom is -0.354 e. The van der Waals surface area contributed by atoms with Gasteiger partial charge in [-0.05, 0) is 19.3 Å². The average Bonchev–Trinajstić information content (AvgIpc) is 2.72. The second-order valence-corrected chi connectivity index (χ2v) is 5.73. The fourth-order valence-corrected chi connectivity index (χ4v) is 2.09. The van der Waals surface area contributed by atoms with Gasteiger partial charge in [0.1, 0.15) is 0 Å². The molecule has 8 heteroatoms. The lowest BCUT2D eigenvalue weighted by Crippen LogP contribution is -2.49. The number of halogens is 4. The topological polar surface area (TPSA) is 39.7 Å². The van der Waals surface area contributed by atoms with Gasteiger partial charge in [-0.2, -0.15) is 13.2 Å². The molecule has 0 aromatic carbocycles. The van der Waals surface area contributed by atoms with Crippen LogP contribution in [-0.2, 0) is 0 Å². The molecule has 0 saturated carbocycles. The van der Waals surface area contributed by atoms with Crippen LogP contribution in [0, 0.1) is 5.92 Å². The van der Waals surface area contributed by atoms with Crippen LogP contribution in [0.2, 0.25) is 0 Å². The number of nitrogens with zero attached hydrogens (tertiary/aromatic N) is 2. The van der Waals surface area contributed by atoms with E-state index >= 15 is 0 Å². The number of likely N-dealkylation sites (tertiary alicyclic amines) is 1. The molecule has 0 aromatic rings. The largest absolute Gasteiger partial charge is 0.401 e. The molecule has 4 nitrogen and oxygen atoms in total. The summed E-state index contributed by atoms with van der Waals surface area (Å²) in [4.78, 5) is 5.55. The van der Waals surface area contributed by atoms with Crippen LogP contribution in [0.25, 0.3) is 0 Å². The van der Waals surface area contributed by atoms with Crippen LogP contribution in [0.15, 0.2) is 4.99 Å². The van der Waals surface area contributed by atoms with Gasteiger partial charge in [0.15, 0.2) is 5.96 Å². The molecule has 1 rings (SSSR count). The number of hydrogen-bond donors (Lipinski definition) is 2. The molecule has 1 aliphatic rings. The Morgan fingerprint density at radius 2 is 1.95 bits per heavy atom. The molecule has 1 heterocycles. The third-order valence-electron chi connectivity index (χ3n) is 3.60. The lowest BCUT2D eigenvalue weighted by atomic mass is 10.1. The van der Waals surface area contributed by atoms with Gasteiger partial charge < -0.3 is 10.6 Å². The molecule has 2 unspecified atom stereocenters. The summed E-state index contributed by atoms with van der Waals surface area (Å²) >= 11 is 0. The fraction of sp³-hybridized carbons (Fsp3) is 0.923. The van der Waals surface area contributed by atoms with Crippen molar-refractivity contribution in [3.05, 3.63) is 0 Å². The number of guanidine groups is 1. The number of alkyl halides is 3. The van der Waals surface area contributed by atoms with E-state index in [1.54, 1.807) is 7.05 Å². The zero-order valence-electron chi connectivity index (χ0n) is 13.0. The highest BCUT2D eigenvalue weighted by atomic mass is 127. The van der Waals surface area contributed by atoms with Crippen LogP contribution in [0.3, 0.4) is 0 Å². The highest BCUT2D eigenvalue weighted by Crippen LogP contribution is 2.19. The first kappa shape index (κ1) is 20.8. The van der Waals surface area contributed by atoms with Gasteiger partial charge in [0.25, 0.3) is 0 Å². The van der Waals surface area contributed by atoms with E-state index in [4.69, 9.17) is 0 Å². The predicted octanol–water partition coefficient (Wildman–Crippen LogP) is 2.45. The first-order valence-electron chi connectivity index (χ1n) is 7.00. The van der Waals surface area contributed by atoms with E-state index in [1.165, 1.54) is 4.90 Å². The quantitative estimate of drug-likeness (QED) is 0.416. The van der Waals surface area contributed by atoms with E-state index in [0.29, 0.717) is 31.4 Å². The van der Waals surface area contributed by atoms with Crippen molar-refractivity contribution in [3.8, 4) is 0 Å². The van der Waals surface area contributed by atoms with Crippen molar-refractivity contribution in [3.63, 3.8) is 0 Å². The van der Waals surface area contributed by atoms with E-state index in [-0.39, 0.29) is 36.1 Å². The minimum atomic E-state index is -4.12. The van der Waals surface area contributed by atoms with E-state index in [1.807, 2.05) is 0 Å². The highest BCUT2D eigenvalue weighted by molar-refractivity contribution is 14.0. The van der Waals surface area contributed by atoms with Gasteiger partial charge in [-0.1, -0.05) is 13.8 Å². The summed E-state index contributed by atoms with van der Waals surface area (Å²) < 4.78 is 37.0. The molecule has 21 heavy (non-hydrogen) atoms. The molecule has 126 valence electrons. The summed E-state index contributed by atoms with van der Waals surface area (Å²) in [6.45, 7) is 6.29. The standard InChI is InChI=1S/C13H25F3N4.HI/c1-9(2)10(3)18-12(17-4)19-11-5-6-20(7-11)8-13(14,15)16;/h9-11H,5-8H2,1-4H3,(H2,17,18,19);1H. The molecular weight excluding hydrogens is 396 g/mol. The van der Waals surface area contributed by atoms with Crippen molar-refractivity contribution in [1.82, 2.24) is 15.5 Å². The Labute approximate surface area is 142 Å². The lowest BCUT2D eigenvalue weighted by molar-refractivity contribution is -0.143. The number of aliphatic imine (C=N–C) groups is 1. The van der Waals surface area contributed by atoms with Gasteiger partial charge in [-0.25, -0.2) is 0 Å². The van der Waals surface area contributed by atoms with Gasteiger partial charge in [0, 0.05) is 32.2 Å². The molecule has 0 bridgehead atoms. The number of rotatable bonds is 4. The monoisotopic (exact) mass is 422 g/mol. The average molecular weight is 422 g/mol. The summed E-state index contributed by atoms with van der Waals surface area (Å²) in [5, 5.41) is 6.45. The zero-order valence-corrected chi connectivity index (χ0v) is 15.3. The van der Waals surface area contributed by atoms with Crippen molar-refractivity contribution in [1.29, 1.82) is 0 Å². The van der Waals surface area contributed by atoms with E-state index < -0.39 is 12.7 Å². The van der Waals surface area contributed by atoms with Gasteiger partial charge in [-0.3, -0.25) is 9.89 Å². The third kappa shape index (κ3) is 8.08. The van der Waals surface area contributed by atoms with Gasteiger partial charge in [0.2, 0.25) is 0 Å². The Balaban J connectivity index is 0.00000400. The van der Waals surface area contributed by atoms with Crippen LogP contribution in [0.5, 0.6) is 0 Å². The maximum Gasteiger partial charge on any atom is 0.401 e. The molecule has 2 atom stereocenters. The minimum absolute atomic E-state index is 0. The Morgan fingerprint density at radius 3 is 2.43 bits per heavy atom. The second-order valence-electron chi connectivity index (χ2n) is 5.73. The Kier molecular flexibility index (Phi) is 8.91. The Bertz CT molecular complexity index is 334. The zero-order chi connectivity index (χ0) is 15.3. The molecule has 0 amide bonds. The second kappa shape index (κ2) is 9.02.